The number of pyridine rings is 1. The maximum atomic E-state index is 4.27. The predicted octanol–water partition coefficient (Wildman–Crippen LogP) is 4.00. The van der Waals surface area contributed by atoms with Crippen molar-refractivity contribution in [2.45, 2.75) is 26.2 Å². The Morgan fingerprint density at radius 2 is 1.89 bits per heavy atom. The van der Waals surface area contributed by atoms with Crippen LogP contribution in [-0.2, 0) is 0 Å². The fourth-order valence-electron chi connectivity index (χ4n) is 2.04. The van der Waals surface area contributed by atoms with Gasteiger partial charge in [-0.15, -0.1) is 0 Å². The summed E-state index contributed by atoms with van der Waals surface area (Å²) in [5.41, 5.74) is 3.60. The molecule has 0 amide bonds. The van der Waals surface area contributed by atoms with Gasteiger partial charge in [-0.1, -0.05) is 37.3 Å². The maximum Gasteiger partial charge on any atom is 0.0603 e. The molecule has 0 radical (unpaired) electrons. The molecule has 1 aromatic carbocycles. The molecule has 2 nitrogen and oxygen atoms in total. The summed E-state index contributed by atoms with van der Waals surface area (Å²) in [6, 6.07) is 14.7. The molecule has 1 aromatic heterocycles. The van der Waals surface area contributed by atoms with Crippen LogP contribution in [0.15, 0.2) is 48.7 Å². The normalized spacial score (nSPS) is 12.1. The second-order valence-electron chi connectivity index (χ2n) is 4.66. The lowest BCUT2D eigenvalue weighted by atomic mass is 9.98. The van der Waals surface area contributed by atoms with Gasteiger partial charge in [-0.3, -0.25) is 4.98 Å². The van der Waals surface area contributed by atoms with E-state index in [2.05, 4.69) is 53.6 Å². The van der Waals surface area contributed by atoms with Gasteiger partial charge in [-0.25, -0.2) is 0 Å². The average Bonchev–Trinajstić information content (AvgIpc) is 2.42. The van der Waals surface area contributed by atoms with Gasteiger partial charge in [0.15, 0.2) is 0 Å². The van der Waals surface area contributed by atoms with E-state index in [1.165, 1.54) is 5.56 Å². The van der Waals surface area contributed by atoms with Crippen LogP contribution in [0, 0.1) is 6.92 Å². The SMILES string of the molecule is Cc1ncccc1NCCC(C)c1ccccc1. The molecule has 0 bridgehead atoms. The molecule has 0 spiro atoms. The highest BCUT2D eigenvalue weighted by molar-refractivity contribution is 5.46. The number of hydrogen-bond acceptors (Lipinski definition) is 2. The van der Waals surface area contributed by atoms with E-state index >= 15 is 0 Å². The Kier molecular flexibility index (Phi) is 4.35. The largest absolute Gasteiger partial charge is 0.384 e. The van der Waals surface area contributed by atoms with E-state index < -0.39 is 0 Å². The number of aryl methyl sites for hydroxylation is 1. The molecule has 2 aromatic rings. The van der Waals surface area contributed by atoms with Gasteiger partial charge < -0.3 is 5.32 Å². The second-order valence-corrected chi connectivity index (χ2v) is 4.66. The molecule has 1 atom stereocenters. The van der Waals surface area contributed by atoms with Crippen LogP contribution in [-0.4, -0.2) is 11.5 Å². The first-order valence-electron chi connectivity index (χ1n) is 6.48. The van der Waals surface area contributed by atoms with Gasteiger partial charge in [0, 0.05) is 12.7 Å². The van der Waals surface area contributed by atoms with E-state index in [9.17, 15) is 0 Å². The lowest BCUT2D eigenvalue weighted by Gasteiger charge is -2.13. The Morgan fingerprint density at radius 3 is 2.61 bits per heavy atom. The van der Waals surface area contributed by atoms with Crippen molar-refractivity contribution in [3.05, 3.63) is 59.9 Å². The number of anilines is 1. The van der Waals surface area contributed by atoms with Crippen LogP contribution >= 0.6 is 0 Å². The molecule has 0 aliphatic heterocycles. The Morgan fingerprint density at radius 1 is 1.11 bits per heavy atom. The Balaban J connectivity index is 1.84. The van der Waals surface area contributed by atoms with Gasteiger partial charge in [0.05, 0.1) is 11.4 Å². The fraction of sp³-hybridized carbons (Fsp3) is 0.312. The van der Waals surface area contributed by atoms with Crippen molar-refractivity contribution in [1.29, 1.82) is 0 Å². The molecule has 0 saturated heterocycles. The molecule has 18 heavy (non-hydrogen) atoms. The maximum absolute atomic E-state index is 4.27. The first-order chi connectivity index (χ1) is 8.77. The number of hydrogen-bond donors (Lipinski definition) is 1. The van der Waals surface area contributed by atoms with E-state index in [1.54, 1.807) is 0 Å². The smallest absolute Gasteiger partial charge is 0.0603 e. The average molecular weight is 240 g/mol. The van der Waals surface area contributed by atoms with E-state index in [-0.39, 0.29) is 0 Å². The molecule has 1 heterocycles. The lowest BCUT2D eigenvalue weighted by molar-refractivity contribution is 0.705. The number of nitrogens with zero attached hydrogens (tertiary/aromatic N) is 1. The number of nitrogens with one attached hydrogen (secondary N) is 1. The zero-order valence-corrected chi connectivity index (χ0v) is 11.1. The van der Waals surface area contributed by atoms with Crippen molar-refractivity contribution in [2.75, 3.05) is 11.9 Å². The van der Waals surface area contributed by atoms with Crippen LogP contribution < -0.4 is 5.32 Å². The molecule has 0 saturated carbocycles. The minimum absolute atomic E-state index is 0.579. The van der Waals surface area contributed by atoms with Crippen LogP contribution in [0.4, 0.5) is 5.69 Å². The third kappa shape index (κ3) is 3.33. The Labute approximate surface area is 109 Å². The van der Waals surface area contributed by atoms with Gasteiger partial charge >= 0.3 is 0 Å². The second kappa shape index (κ2) is 6.20. The summed E-state index contributed by atoms with van der Waals surface area (Å²) in [4.78, 5) is 4.27. The molecule has 0 aliphatic rings. The van der Waals surface area contributed by atoms with Gasteiger partial charge in [0.1, 0.15) is 0 Å². The van der Waals surface area contributed by atoms with Gasteiger partial charge in [-0.2, -0.15) is 0 Å². The molecule has 94 valence electrons. The van der Waals surface area contributed by atoms with Crippen LogP contribution in [0.3, 0.4) is 0 Å². The van der Waals surface area contributed by atoms with Crippen molar-refractivity contribution < 1.29 is 0 Å². The molecule has 0 fully saturated rings. The van der Waals surface area contributed by atoms with E-state index in [4.69, 9.17) is 0 Å². The highest BCUT2D eigenvalue weighted by Gasteiger charge is 2.04. The summed E-state index contributed by atoms with van der Waals surface area (Å²) >= 11 is 0. The quantitative estimate of drug-likeness (QED) is 0.854. The summed E-state index contributed by atoms with van der Waals surface area (Å²) in [7, 11) is 0. The highest BCUT2D eigenvalue weighted by atomic mass is 14.9. The van der Waals surface area contributed by atoms with Gasteiger partial charge in [0.25, 0.3) is 0 Å². The highest BCUT2D eigenvalue weighted by Crippen LogP contribution is 2.19. The van der Waals surface area contributed by atoms with Crippen molar-refractivity contribution >= 4 is 5.69 Å². The molecule has 2 heteroatoms. The molecule has 2 rings (SSSR count). The molecular weight excluding hydrogens is 220 g/mol. The first-order valence-corrected chi connectivity index (χ1v) is 6.48. The van der Waals surface area contributed by atoms with Gasteiger partial charge in [0.2, 0.25) is 0 Å². The van der Waals surface area contributed by atoms with Crippen molar-refractivity contribution in [2.24, 2.45) is 0 Å². The predicted molar refractivity (Wildman–Crippen MR) is 76.9 cm³/mol. The summed E-state index contributed by atoms with van der Waals surface area (Å²) in [6.45, 7) is 5.28. The van der Waals surface area contributed by atoms with Crippen LogP contribution in [0.5, 0.6) is 0 Å². The monoisotopic (exact) mass is 240 g/mol. The topological polar surface area (TPSA) is 24.9 Å². The molecule has 1 N–H and O–H groups in total. The zero-order chi connectivity index (χ0) is 12.8. The number of benzene rings is 1. The lowest BCUT2D eigenvalue weighted by Crippen LogP contribution is -2.07. The standard InChI is InChI=1S/C16H20N2/c1-13(15-7-4-3-5-8-15)10-12-18-16-9-6-11-17-14(16)2/h3-9,11,13,18H,10,12H2,1-2H3. The van der Waals surface area contributed by atoms with E-state index in [1.807, 2.05) is 19.2 Å². The third-order valence-corrected chi connectivity index (χ3v) is 3.27. The minimum Gasteiger partial charge on any atom is -0.384 e. The molecular formula is C16H20N2. The summed E-state index contributed by atoms with van der Waals surface area (Å²) < 4.78 is 0. The molecule has 0 aliphatic carbocycles. The van der Waals surface area contributed by atoms with Crippen LogP contribution in [0.25, 0.3) is 0 Å². The van der Waals surface area contributed by atoms with E-state index in [0.29, 0.717) is 5.92 Å². The zero-order valence-electron chi connectivity index (χ0n) is 11.1. The number of rotatable bonds is 5. The van der Waals surface area contributed by atoms with Crippen molar-refractivity contribution in [1.82, 2.24) is 4.98 Å². The van der Waals surface area contributed by atoms with Crippen molar-refractivity contribution in [3.63, 3.8) is 0 Å². The van der Waals surface area contributed by atoms with Crippen molar-refractivity contribution in [3.8, 4) is 0 Å². The van der Waals surface area contributed by atoms with Gasteiger partial charge in [-0.05, 0) is 37.0 Å². The first kappa shape index (κ1) is 12.6. The van der Waals surface area contributed by atoms with E-state index in [0.717, 1.165) is 24.3 Å². The van der Waals surface area contributed by atoms with Crippen LogP contribution in [0.1, 0.15) is 30.5 Å². The minimum atomic E-state index is 0.579. The Hall–Kier alpha value is -1.83. The summed E-state index contributed by atoms with van der Waals surface area (Å²) in [6.07, 6.45) is 2.95. The summed E-state index contributed by atoms with van der Waals surface area (Å²) in [5, 5.41) is 3.45. The fourth-order valence-corrected chi connectivity index (χ4v) is 2.04. The Bertz CT molecular complexity index is 479. The summed E-state index contributed by atoms with van der Waals surface area (Å²) in [5.74, 6) is 0.579. The molecule has 1 unspecified atom stereocenters. The number of aromatic nitrogens is 1. The third-order valence-electron chi connectivity index (χ3n) is 3.27. The van der Waals surface area contributed by atoms with Crippen LogP contribution in [0.2, 0.25) is 0 Å².